The van der Waals surface area contributed by atoms with Gasteiger partial charge in [-0.1, -0.05) is 6.07 Å². The molecule has 1 aromatic rings. The molecule has 0 saturated carbocycles. The first kappa shape index (κ1) is 23.8. The molecular weight excluding hydrogens is 433 g/mol. The summed E-state index contributed by atoms with van der Waals surface area (Å²) in [5.74, 6) is 2.41. The van der Waals surface area contributed by atoms with Gasteiger partial charge < -0.3 is 24.8 Å². The highest BCUT2D eigenvalue weighted by Crippen LogP contribution is 2.28. The first-order chi connectivity index (χ1) is 11.7. The van der Waals surface area contributed by atoms with Crippen molar-refractivity contribution in [1.29, 1.82) is 0 Å². The van der Waals surface area contributed by atoms with Crippen LogP contribution in [-0.4, -0.2) is 53.0 Å². The molecular formula is C18H32IN3O3. The molecule has 0 aliphatic carbocycles. The van der Waals surface area contributed by atoms with Crippen LogP contribution in [0.3, 0.4) is 0 Å². The number of hydrogen-bond donors (Lipinski definition) is 2. The molecule has 1 aromatic carbocycles. The lowest BCUT2D eigenvalue weighted by molar-refractivity contribution is 0.195. The Bertz CT molecular complexity index is 498. The smallest absolute Gasteiger partial charge is 0.190 e. The van der Waals surface area contributed by atoms with Crippen molar-refractivity contribution >= 4 is 29.9 Å². The van der Waals surface area contributed by atoms with Crippen LogP contribution in [0.15, 0.2) is 23.2 Å². The second kappa shape index (κ2) is 15.1. The third-order valence-electron chi connectivity index (χ3n) is 3.36. The molecule has 0 unspecified atom stereocenters. The summed E-state index contributed by atoms with van der Waals surface area (Å²) in [5, 5.41) is 6.57. The number of methoxy groups -OCH3 is 1. The number of guanidine groups is 1. The number of aliphatic imine (C=N–C) groups is 1. The Hall–Kier alpha value is -1.22. The van der Waals surface area contributed by atoms with Gasteiger partial charge in [0.25, 0.3) is 0 Å². The second-order valence-electron chi connectivity index (χ2n) is 5.17. The van der Waals surface area contributed by atoms with Gasteiger partial charge in [0.1, 0.15) is 0 Å². The maximum atomic E-state index is 5.66. The number of rotatable bonds is 11. The van der Waals surface area contributed by atoms with E-state index in [1.807, 2.05) is 26.0 Å². The molecule has 0 radical (unpaired) electrons. The van der Waals surface area contributed by atoms with E-state index in [0.717, 1.165) is 50.0 Å². The van der Waals surface area contributed by atoms with Crippen LogP contribution in [0.5, 0.6) is 11.5 Å². The zero-order valence-electron chi connectivity index (χ0n) is 15.8. The van der Waals surface area contributed by atoms with Crippen molar-refractivity contribution in [3.8, 4) is 11.5 Å². The molecule has 6 nitrogen and oxygen atoms in total. The number of hydrogen-bond acceptors (Lipinski definition) is 4. The van der Waals surface area contributed by atoms with Gasteiger partial charge in [0.15, 0.2) is 17.5 Å². The van der Waals surface area contributed by atoms with Gasteiger partial charge in [-0.25, -0.2) is 0 Å². The van der Waals surface area contributed by atoms with E-state index in [-0.39, 0.29) is 24.0 Å². The molecule has 0 heterocycles. The lowest BCUT2D eigenvalue weighted by Crippen LogP contribution is -2.39. The Morgan fingerprint density at radius 3 is 2.36 bits per heavy atom. The number of benzene rings is 1. The highest BCUT2D eigenvalue weighted by molar-refractivity contribution is 14.0. The molecule has 0 spiro atoms. The van der Waals surface area contributed by atoms with Crippen molar-refractivity contribution < 1.29 is 14.2 Å². The van der Waals surface area contributed by atoms with Crippen LogP contribution in [0.25, 0.3) is 0 Å². The first-order valence-electron chi connectivity index (χ1n) is 8.57. The van der Waals surface area contributed by atoms with Crippen molar-refractivity contribution in [2.75, 3.05) is 47.1 Å². The minimum absolute atomic E-state index is 0. The Kier molecular flexibility index (Phi) is 14.3. The fraction of sp³-hybridized carbons (Fsp3) is 0.611. The van der Waals surface area contributed by atoms with Crippen LogP contribution in [0, 0.1) is 0 Å². The molecule has 144 valence electrons. The molecule has 0 fully saturated rings. The Labute approximate surface area is 168 Å². The monoisotopic (exact) mass is 465 g/mol. The normalized spacial score (nSPS) is 10.8. The molecule has 0 aromatic heterocycles. The topological polar surface area (TPSA) is 64.1 Å². The lowest BCUT2D eigenvalue weighted by Gasteiger charge is -2.14. The Morgan fingerprint density at radius 2 is 1.72 bits per heavy atom. The van der Waals surface area contributed by atoms with Crippen LogP contribution in [0.1, 0.15) is 25.8 Å². The zero-order chi connectivity index (χ0) is 17.6. The maximum absolute atomic E-state index is 5.66. The van der Waals surface area contributed by atoms with E-state index in [9.17, 15) is 0 Å². The summed E-state index contributed by atoms with van der Waals surface area (Å²) >= 11 is 0. The minimum Gasteiger partial charge on any atom is -0.490 e. The van der Waals surface area contributed by atoms with Gasteiger partial charge in [-0.05, 0) is 44.4 Å². The van der Waals surface area contributed by atoms with Crippen molar-refractivity contribution in [3.05, 3.63) is 23.8 Å². The summed E-state index contributed by atoms with van der Waals surface area (Å²) in [4.78, 5) is 4.21. The van der Waals surface area contributed by atoms with E-state index < -0.39 is 0 Å². The van der Waals surface area contributed by atoms with Crippen LogP contribution >= 0.6 is 24.0 Å². The Morgan fingerprint density at radius 1 is 1.04 bits per heavy atom. The van der Waals surface area contributed by atoms with E-state index in [2.05, 4.69) is 21.7 Å². The highest BCUT2D eigenvalue weighted by atomic mass is 127. The summed E-state index contributed by atoms with van der Waals surface area (Å²) < 4.78 is 16.3. The summed E-state index contributed by atoms with van der Waals surface area (Å²) in [5.41, 5.74) is 1.20. The SMILES string of the molecule is CCOc1ccc(CCNC(=NC)NCCCOC)cc1OCC.I. The third-order valence-corrected chi connectivity index (χ3v) is 3.36. The lowest BCUT2D eigenvalue weighted by atomic mass is 10.1. The summed E-state index contributed by atoms with van der Waals surface area (Å²) in [7, 11) is 3.48. The highest BCUT2D eigenvalue weighted by Gasteiger charge is 2.06. The molecule has 0 bridgehead atoms. The summed E-state index contributed by atoms with van der Waals surface area (Å²) in [6, 6.07) is 6.09. The van der Waals surface area contributed by atoms with Crippen molar-refractivity contribution in [2.45, 2.75) is 26.7 Å². The second-order valence-corrected chi connectivity index (χ2v) is 5.17. The Balaban J connectivity index is 0.00000576. The summed E-state index contributed by atoms with van der Waals surface area (Å²) in [6.45, 7) is 7.58. The van der Waals surface area contributed by atoms with Gasteiger partial charge in [-0.15, -0.1) is 24.0 Å². The van der Waals surface area contributed by atoms with Gasteiger partial charge >= 0.3 is 0 Å². The molecule has 7 heteroatoms. The van der Waals surface area contributed by atoms with Crippen molar-refractivity contribution in [3.63, 3.8) is 0 Å². The molecule has 0 saturated heterocycles. The number of halogens is 1. The van der Waals surface area contributed by atoms with E-state index >= 15 is 0 Å². The van der Waals surface area contributed by atoms with Gasteiger partial charge in [0.05, 0.1) is 13.2 Å². The molecule has 0 aliphatic rings. The molecule has 25 heavy (non-hydrogen) atoms. The average Bonchev–Trinajstić information content (AvgIpc) is 2.59. The molecule has 0 amide bonds. The van der Waals surface area contributed by atoms with Crippen LogP contribution < -0.4 is 20.1 Å². The van der Waals surface area contributed by atoms with Gasteiger partial charge in [0.2, 0.25) is 0 Å². The molecule has 2 N–H and O–H groups in total. The maximum Gasteiger partial charge on any atom is 0.190 e. The van der Waals surface area contributed by atoms with Crippen LogP contribution in [-0.2, 0) is 11.2 Å². The summed E-state index contributed by atoms with van der Waals surface area (Å²) in [6.07, 6.45) is 1.83. The average molecular weight is 465 g/mol. The first-order valence-corrected chi connectivity index (χ1v) is 8.57. The predicted molar refractivity (Wildman–Crippen MR) is 114 cm³/mol. The van der Waals surface area contributed by atoms with Gasteiger partial charge in [0, 0.05) is 33.9 Å². The van der Waals surface area contributed by atoms with Crippen LogP contribution in [0.4, 0.5) is 0 Å². The van der Waals surface area contributed by atoms with Crippen LogP contribution in [0.2, 0.25) is 0 Å². The standard InChI is InChI=1S/C18H31N3O3.HI/c1-5-23-16-9-8-15(14-17(16)24-6-2)10-12-21-18(19-3)20-11-7-13-22-4;/h8-9,14H,5-7,10-13H2,1-4H3,(H2,19,20,21);1H. The minimum atomic E-state index is 0. The quantitative estimate of drug-likeness (QED) is 0.228. The van der Waals surface area contributed by atoms with Crippen molar-refractivity contribution in [1.82, 2.24) is 10.6 Å². The number of nitrogens with one attached hydrogen (secondary N) is 2. The fourth-order valence-corrected chi connectivity index (χ4v) is 2.22. The largest absolute Gasteiger partial charge is 0.490 e. The number of nitrogens with zero attached hydrogens (tertiary/aromatic N) is 1. The van der Waals surface area contributed by atoms with Crippen molar-refractivity contribution in [2.24, 2.45) is 4.99 Å². The molecule has 0 aliphatic heterocycles. The number of ether oxygens (including phenoxy) is 3. The van der Waals surface area contributed by atoms with E-state index in [1.165, 1.54) is 5.56 Å². The molecule has 0 atom stereocenters. The zero-order valence-corrected chi connectivity index (χ0v) is 18.1. The molecule has 1 rings (SSSR count). The fourth-order valence-electron chi connectivity index (χ4n) is 2.22. The van der Waals surface area contributed by atoms with Gasteiger partial charge in [-0.3, -0.25) is 4.99 Å². The van der Waals surface area contributed by atoms with E-state index in [0.29, 0.717) is 13.2 Å². The van der Waals surface area contributed by atoms with E-state index in [1.54, 1.807) is 14.2 Å². The predicted octanol–water partition coefficient (Wildman–Crippen LogP) is 2.85. The van der Waals surface area contributed by atoms with E-state index in [4.69, 9.17) is 14.2 Å². The third kappa shape index (κ3) is 9.74. The van der Waals surface area contributed by atoms with Gasteiger partial charge in [-0.2, -0.15) is 0 Å².